The molecule has 1 aromatic rings. The first-order valence-corrected chi connectivity index (χ1v) is 9.65. The average Bonchev–Trinajstić information content (AvgIpc) is 3.24. The van der Waals surface area contributed by atoms with Gasteiger partial charge in [0.05, 0.1) is 25.0 Å². The number of nitrogens with one attached hydrogen (secondary N) is 1. The van der Waals surface area contributed by atoms with E-state index >= 15 is 0 Å². The largest absolute Gasteiger partial charge is 0.499 e. The van der Waals surface area contributed by atoms with Crippen LogP contribution in [0, 0.1) is 0 Å². The van der Waals surface area contributed by atoms with Crippen LogP contribution in [-0.4, -0.2) is 73.6 Å². The number of ether oxygens (including phenoxy) is 4. The molecular weight excluding hydrogens is 394 g/mol. The van der Waals surface area contributed by atoms with E-state index in [1.807, 2.05) is 0 Å². The van der Waals surface area contributed by atoms with E-state index in [1.54, 1.807) is 36.4 Å². The van der Waals surface area contributed by atoms with Gasteiger partial charge in [-0.1, -0.05) is 12.1 Å². The van der Waals surface area contributed by atoms with Crippen LogP contribution < -0.4 is 5.32 Å². The van der Waals surface area contributed by atoms with Crippen LogP contribution in [0.5, 0.6) is 0 Å². The van der Waals surface area contributed by atoms with Crippen LogP contribution in [0.2, 0.25) is 0 Å². The highest BCUT2D eigenvalue weighted by Gasteiger charge is 2.42. The van der Waals surface area contributed by atoms with Crippen molar-refractivity contribution in [2.24, 2.45) is 0 Å². The highest BCUT2D eigenvalue weighted by atomic mass is 16.7. The lowest BCUT2D eigenvalue weighted by atomic mass is 9.91. The summed E-state index contributed by atoms with van der Waals surface area (Å²) in [6, 6.07) is 6.74. The Labute approximate surface area is 173 Å². The zero-order chi connectivity index (χ0) is 21.3. The van der Waals surface area contributed by atoms with Crippen LogP contribution in [-0.2, 0) is 23.7 Å². The number of carbonyl (C=O) groups excluding carboxylic acids is 2. The summed E-state index contributed by atoms with van der Waals surface area (Å²) in [4.78, 5) is 24.9. The molecular formula is C21H25NO8. The maximum absolute atomic E-state index is 12.6. The molecule has 2 aliphatic rings. The van der Waals surface area contributed by atoms with Gasteiger partial charge < -0.3 is 34.5 Å². The molecule has 9 heteroatoms. The van der Waals surface area contributed by atoms with Crippen molar-refractivity contribution in [1.82, 2.24) is 5.32 Å². The summed E-state index contributed by atoms with van der Waals surface area (Å²) < 4.78 is 21.7. The molecule has 0 spiro atoms. The third kappa shape index (κ3) is 5.67. The van der Waals surface area contributed by atoms with Gasteiger partial charge in [-0.2, -0.15) is 0 Å². The number of aliphatic hydroxyl groups is 2. The second-order valence-corrected chi connectivity index (χ2v) is 6.72. The molecule has 3 atom stereocenters. The lowest BCUT2D eigenvalue weighted by molar-refractivity contribution is -0.118. The van der Waals surface area contributed by atoms with Crippen molar-refractivity contribution in [2.75, 3.05) is 33.2 Å². The molecule has 1 aliphatic heterocycles. The minimum absolute atomic E-state index is 0.0603. The van der Waals surface area contributed by atoms with Crippen molar-refractivity contribution in [3.63, 3.8) is 0 Å². The van der Waals surface area contributed by atoms with Crippen molar-refractivity contribution >= 4 is 18.0 Å². The van der Waals surface area contributed by atoms with E-state index in [-0.39, 0.29) is 45.5 Å². The second-order valence-electron chi connectivity index (χ2n) is 6.72. The predicted molar refractivity (Wildman–Crippen MR) is 105 cm³/mol. The number of fused-ring (bicyclic) bond motifs is 1. The van der Waals surface area contributed by atoms with Gasteiger partial charge in [0.1, 0.15) is 31.7 Å². The van der Waals surface area contributed by atoms with Gasteiger partial charge in [0.15, 0.2) is 0 Å². The summed E-state index contributed by atoms with van der Waals surface area (Å²) in [6.07, 6.45) is 3.43. The fourth-order valence-corrected chi connectivity index (χ4v) is 3.19. The van der Waals surface area contributed by atoms with Gasteiger partial charge in [-0.05, 0) is 29.8 Å². The molecule has 30 heavy (non-hydrogen) atoms. The maximum atomic E-state index is 12.6. The van der Waals surface area contributed by atoms with Gasteiger partial charge in [-0.3, -0.25) is 4.79 Å². The first-order valence-electron chi connectivity index (χ1n) is 9.65. The molecule has 0 radical (unpaired) electrons. The Morgan fingerprint density at radius 2 is 1.97 bits per heavy atom. The van der Waals surface area contributed by atoms with E-state index in [4.69, 9.17) is 29.2 Å². The Morgan fingerprint density at radius 3 is 2.70 bits per heavy atom. The molecule has 0 unspecified atom stereocenters. The summed E-state index contributed by atoms with van der Waals surface area (Å²) in [5.74, 6) is -0.864. The fraction of sp³-hybridized carbons (Fsp3) is 0.429. The Hall–Kier alpha value is -2.72. The third-order valence-corrected chi connectivity index (χ3v) is 4.66. The van der Waals surface area contributed by atoms with Crippen LogP contribution in [0.3, 0.4) is 0 Å². The highest BCUT2D eigenvalue weighted by molar-refractivity contribution is 5.94. The van der Waals surface area contributed by atoms with Crippen molar-refractivity contribution in [3.8, 4) is 0 Å². The summed E-state index contributed by atoms with van der Waals surface area (Å²) in [6.45, 7) is 0.183. The smallest absolute Gasteiger partial charge is 0.338 e. The molecule has 9 nitrogen and oxygen atoms in total. The molecule has 0 aromatic heterocycles. The zero-order valence-corrected chi connectivity index (χ0v) is 16.4. The van der Waals surface area contributed by atoms with Crippen LogP contribution in [0.15, 0.2) is 42.2 Å². The number of hydrogen-bond acceptors (Lipinski definition) is 8. The summed E-state index contributed by atoms with van der Waals surface area (Å²) >= 11 is 0. The molecule has 0 bridgehead atoms. The summed E-state index contributed by atoms with van der Waals surface area (Å²) in [5, 5.41) is 20.2. The Morgan fingerprint density at radius 1 is 1.17 bits per heavy atom. The van der Waals surface area contributed by atoms with E-state index in [2.05, 4.69) is 5.32 Å². The molecule has 3 rings (SSSR count). The van der Waals surface area contributed by atoms with E-state index in [0.29, 0.717) is 11.1 Å². The van der Waals surface area contributed by atoms with E-state index in [0.717, 1.165) is 5.56 Å². The molecule has 1 heterocycles. The van der Waals surface area contributed by atoms with Gasteiger partial charge in [0.2, 0.25) is 5.91 Å². The lowest BCUT2D eigenvalue weighted by Crippen LogP contribution is -2.43. The van der Waals surface area contributed by atoms with Gasteiger partial charge in [-0.25, -0.2) is 4.79 Å². The van der Waals surface area contributed by atoms with Crippen LogP contribution in [0.25, 0.3) is 6.08 Å². The number of hydrogen-bond donors (Lipinski definition) is 3. The molecule has 0 saturated carbocycles. The summed E-state index contributed by atoms with van der Waals surface area (Å²) in [7, 11) is 0. The number of benzene rings is 1. The molecule has 3 N–H and O–H groups in total. The number of amides is 1. The monoisotopic (exact) mass is 419 g/mol. The first-order chi connectivity index (χ1) is 14.6. The first kappa shape index (κ1) is 22.0. The molecule has 1 fully saturated rings. The average molecular weight is 419 g/mol. The predicted octanol–water partition coefficient (Wildman–Crippen LogP) is 0.372. The normalized spacial score (nSPS) is 23.0. The quantitative estimate of drug-likeness (QED) is 0.298. The van der Waals surface area contributed by atoms with Crippen molar-refractivity contribution in [2.45, 2.75) is 24.7 Å². The second kappa shape index (κ2) is 10.9. The van der Waals surface area contributed by atoms with Crippen molar-refractivity contribution in [1.29, 1.82) is 0 Å². The Bertz CT molecular complexity index is 789. The van der Waals surface area contributed by atoms with Crippen LogP contribution >= 0.6 is 0 Å². The maximum Gasteiger partial charge on any atom is 0.338 e. The highest BCUT2D eigenvalue weighted by Crippen LogP contribution is 2.30. The molecule has 162 valence electrons. The Kier molecular flexibility index (Phi) is 7.97. The van der Waals surface area contributed by atoms with Gasteiger partial charge >= 0.3 is 5.97 Å². The van der Waals surface area contributed by atoms with Gasteiger partial charge in [-0.15, -0.1) is 0 Å². The third-order valence-electron chi connectivity index (χ3n) is 4.66. The van der Waals surface area contributed by atoms with E-state index in [9.17, 15) is 9.59 Å². The molecule has 1 saturated heterocycles. The van der Waals surface area contributed by atoms with Crippen molar-refractivity contribution < 1.29 is 38.7 Å². The number of aliphatic hydroxyl groups excluding tert-OH is 2. The summed E-state index contributed by atoms with van der Waals surface area (Å²) in [5.41, 5.74) is 1.61. The molecule has 1 amide bonds. The van der Waals surface area contributed by atoms with Gasteiger partial charge in [0, 0.05) is 18.5 Å². The van der Waals surface area contributed by atoms with Crippen molar-refractivity contribution in [3.05, 3.63) is 53.3 Å². The minimum atomic E-state index is -0.670. The van der Waals surface area contributed by atoms with E-state index in [1.165, 1.54) is 6.26 Å². The van der Waals surface area contributed by atoms with Crippen LogP contribution in [0.4, 0.5) is 0 Å². The SMILES string of the molecule is O=C(NCCO)C1=C[C@H]2OCO[C@H]2[C@H](OC(=O)c2ccc(C=COCCO)cc2)C1. The fourth-order valence-electron chi connectivity index (χ4n) is 3.19. The molecule has 1 aromatic carbocycles. The van der Waals surface area contributed by atoms with Crippen LogP contribution in [0.1, 0.15) is 22.3 Å². The lowest BCUT2D eigenvalue weighted by Gasteiger charge is -2.30. The Balaban J connectivity index is 1.63. The number of rotatable bonds is 9. The topological polar surface area (TPSA) is 124 Å². The zero-order valence-electron chi connectivity index (χ0n) is 16.4. The number of esters is 1. The standard InChI is InChI=1S/C21H25NO8/c23-7-6-22-20(25)16-11-17-19(29-13-28-17)18(12-16)30-21(26)15-3-1-14(2-4-15)5-9-27-10-8-24/h1-5,9,11,17-19,23-24H,6-8,10,12-13H2,(H,22,25)/t17-,18-,19-/m1/s1. The van der Waals surface area contributed by atoms with E-state index < -0.39 is 24.3 Å². The number of carbonyl (C=O) groups is 2. The minimum Gasteiger partial charge on any atom is -0.499 e. The molecule has 1 aliphatic carbocycles. The van der Waals surface area contributed by atoms with Gasteiger partial charge in [0.25, 0.3) is 0 Å².